The van der Waals surface area contributed by atoms with Gasteiger partial charge in [-0.3, -0.25) is 4.79 Å². The first-order valence-electron chi connectivity index (χ1n) is 7.27. The zero-order chi connectivity index (χ0) is 16.1. The van der Waals surface area contributed by atoms with Gasteiger partial charge in [0.1, 0.15) is 11.4 Å². The molecule has 2 aromatic rings. The molecule has 0 aliphatic carbocycles. The van der Waals surface area contributed by atoms with E-state index in [0.29, 0.717) is 17.8 Å². The molecule has 0 saturated heterocycles. The molecule has 1 aromatic carbocycles. The number of aromatic nitrogens is 1. The van der Waals surface area contributed by atoms with Crippen LogP contribution in [0.15, 0.2) is 41.2 Å². The Morgan fingerprint density at radius 3 is 2.41 bits per heavy atom. The number of hydrogen-bond donors (Lipinski definition) is 1. The van der Waals surface area contributed by atoms with Gasteiger partial charge in [0.25, 0.3) is 5.56 Å². The molecule has 0 radical (unpaired) electrons. The predicted molar refractivity (Wildman–Crippen MR) is 82.6 cm³/mol. The van der Waals surface area contributed by atoms with Crippen molar-refractivity contribution in [3.63, 3.8) is 0 Å². The summed E-state index contributed by atoms with van der Waals surface area (Å²) in [4.78, 5) is 23.5. The van der Waals surface area contributed by atoms with E-state index in [-0.39, 0.29) is 11.4 Å². The Bertz CT molecular complexity index is 720. The SMILES string of the molecule is CCCCCn1c(-c2ccc(F)cc2)ccc(C(=O)O)c1=O. The first kappa shape index (κ1) is 15.9. The van der Waals surface area contributed by atoms with Crippen molar-refractivity contribution in [3.05, 3.63) is 58.1 Å². The molecule has 0 aliphatic rings. The highest BCUT2D eigenvalue weighted by Crippen LogP contribution is 2.19. The third-order valence-electron chi connectivity index (χ3n) is 3.53. The van der Waals surface area contributed by atoms with Crippen LogP contribution in [0.2, 0.25) is 0 Å². The maximum Gasteiger partial charge on any atom is 0.341 e. The first-order chi connectivity index (χ1) is 10.5. The number of carboxylic acids is 1. The van der Waals surface area contributed by atoms with Crippen LogP contribution in [0.3, 0.4) is 0 Å². The van der Waals surface area contributed by atoms with Crippen molar-refractivity contribution >= 4 is 5.97 Å². The summed E-state index contributed by atoms with van der Waals surface area (Å²) in [6, 6.07) is 8.72. The summed E-state index contributed by atoms with van der Waals surface area (Å²) in [6.45, 7) is 2.50. The van der Waals surface area contributed by atoms with Gasteiger partial charge in [0, 0.05) is 6.54 Å². The lowest BCUT2D eigenvalue weighted by Crippen LogP contribution is -2.27. The van der Waals surface area contributed by atoms with Crippen molar-refractivity contribution in [1.82, 2.24) is 4.57 Å². The molecule has 0 bridgehead atoms. The van der Waals surface area contributed by atoms with E-state index in [1.54, 1.807) is 18.2 Å². The Hall–Kier alpha value is -2.43. The van der Waals surface area contributed by atoms with E-state index < -0.39 is 11.5 Å². The summed E-state index contributed by atoms with van der Waals surface area (Å²) >= 11 is 0. The first-order valence-corrected chi connectivity index (χ1v) is 7.27. The highest BCUT2D eigenvalue weighted by Gasteiger charge is 2.14. The Balaban J connectivity index is 2.52. The standard InChI is InChI=1S/C17H18FNO3/c1-2-3-4-11-19-15(12-5-7-13(18)8-6-12)10-9-14(16(19)20)17(21)22/h5-10H,2-4,11H2,1H3,(H,21,22). The van der Waals surface area contributed by atoms with Gasteiger partial charge in [-0.05, 0) is 48.4 Å². The molecular formula is C17H18FNO3. The van der Waals surface area contributed by atoms with Crippen molar-refractivity contribution < 1.29 is 14.3 Å². The van der Waals surface area contributed by atoms with Crippen LogP contribution in [0.25, 0.3) is 11.3 Å². The average molecular weight is 303 g/mol. The lowest BCUT2D eigenvalue weighted by molar-refractivity contribution is 0.0694. The van der Waals surface area contributed by atoms with Gasteiger partial charge < -0.3 is 9.67 Å². The van der Waals surface area contributed by atoms with E-state index in [2.05, 4.69) is 6.92 Å². The molecule has 1 N–H and O–H groups in total. The number of carbonyl (C=O) groups is 1. The van der Waals surface area contributed by atoms with Crippen LogP contribution >= 0.6 is 0 Å². The zero-order valence-electron chi connectivity index (χ0n) is 12.4. The number of carboxylic acid groups (broad SMARTS) is 1. The van der Waals surface area contributed by atoms with E-state index in [0.717, 1.165) is 19.3 Å². The second-order valence-corrected chi connectivity index (χ2v) is 5.11. The van der Waals surface area contributed by atoms with E-state index >= 15 is 0 Å². The molecular weight excluding hydrogens is 285 g/mol. The molecule has 4 nitrogen and oxygen atoms in total. The van der Waals surface area contributed by atoms with Crippen LogP contribution in [-0.4, -0.2) is 15.6 Å². The number of benzene rings is 1. The van der Waals surface area contributed by atoms with Crippen LogP contribution < -0.4 is 5.56 Å². The maximum absolute atomic E-state index is 13.1. The molecule has 0 spiro atoms. The quantitative estimate of drug-likeness (QED) is 0.830. The molecule has 0 fully saturated rings. The lowest BCUT2D eigenvalue weighted by atomic mass is 10.1. The highest BCUT2D eigenvalue weighted by molar-refractivity contribution is 5.87. The van der Waals surface area contributed by atoms with Crippen LogP contribution in [0.5, 0.6) is 0 Å². The Labute approximate surface area is 127 Å². The summed E-state index contributed by atoms with van der Waals surface area (Å²) in [5.41, 5.74) is 0.519. The number of halogens is 1. The molecule has 5 heteroatoms. The van der Waals surface area contributed by atoms with Gasteiger partial charge in [-0.15, -0.1) is 0 Å². The molecule has 2 rings (SSSR count). The average Bonchev–Trinajstić information content (AvgIpc) is 2.49. The highest BCUT2D eigenvalue weighted by atomic mass is 19.1. The van der Waals surface area contributed by atoms with E-state index in [9.17, 15) is 14.0 Å². The normalized spacial score (nSPS) is 10.6. The molecule has 0 atom stereocenters. The fraction of sp³-hybridized carbons (Fsp3) is 0.294. The lowest BCUT2D eigenvalue weighted by Gasteiger charge is -2.14. The molecule has 22 heavy (non-hydrogen) atoms. The minimum atomic E-state index is -1.24. The largest absolute Gasteiger partial charge is 0.477 e. The molecule has 1 aromatic heterocycles. The molecule has 0 saturated carbocycles. The van der Waals surface area contributed by atoms with Gasteiger partial charge in [0.05, 0.1) is 5.69 Å². The van der Waals surface area contributed by atoms with Crippen LogP contribution in [0.1, 0.15) is 36.5 Å². The zero-order valence-corrected chi connectivity index (χ0v) is 12.4. The number of unbranched alkanes of at least 4 members (excludes halogenated alkanes) is 2. The van der Waals surface area contributed by atoms with Crippen LogP contribution in [0, 0.1) is 5.82 Å². The van der Waals surface area contributed by atoms with Crippen LogP contribution in [-0.2, 0) is 6.54 Å². The van der Waals surface area contributed by atoms with Crippen molar-refractivity contribution in [2.75, 3.05) is 0 Å². The summed E-state index contributed by atoms with van der Waals surface area (Å²) in [7, 11) is 0. The van der Waals surface area contributed by atoms with Gasteiger partial charge in [-0.25, -0.2) is 9.18 Å². The number of hydrogen-bond acceptors (Lipinski definition) is 2. The van der Waals surface area contributed by atoms with E-state index in [1.807, 2.05) is 0 Å². The van der Waals surface area contributed by atoms with E-state index in [1.165, 1.54) is 22.8 Å². The molecule has 116 valence electrons. The predicted octanol–water partition coefficient (Wildman–Crippen LogP) is 3.54. The maximum atomic E-state index is 13.1. The number of rotatable bonds is 6. The van der Waals surface area contributed by atoms with Gasteiger partial charge >= 0.3 is 5.97 Å². The fourth-order valence-electron chi connectivity index (χ4n) is 2.36. The molecule has 0 amide bonds. The minimum absolute atomic E-state index is 0.248. The molecule has 0 unspecified atom stereocenters. The summed E-state index contributed by atoms with van der Waals surface area (Å²) in [5, 5.41) is 9.10. The van der Waals surface area contributed by atoms with Crippen molar-refractivity contribution in [2.45, 2.75) is 32.7 Å². The smallest absolute Gasteiger partial charge is 0.341 e. The van der Waals surface area contributed by atoms with Crippen molar-refractivity contribution in [3.8, 4) is 11.3 Å². The molecule has 0 aliphatic heterocycles. The number of pyridine rings is 1. The summed E-state index contributed by atoms with van der Waals surface area (Å²) < 4.78 is 14.5. The van der Waals surface area contributed by atoms with Gasteiger partial charge in [0.2, 0.25) is 0 Å². The number of aromatic carboxylic acids is 1. The van der Waals surface area contributed by atoms with Gasteiger partial charge in [-0.2, -0.15) is 0 Å². The monoisotopic (exact) mass is 303 g/mol. The van der Waals surface area contributed by atoms with Crippen molar-refractivity contribution in [1.29, 1.82) is 0 Å². The summed E-state index contributed by atoms with van der Waals surface area (Å²) in [6.07, 6.45) is 2.74. The molecule has 1 heterocycles. The Morgan fingerprint density at radius 1 is 1.14 bits per heavy atom. The topological polar surface area (TPSA) is 59.3 Å². The second-order valence-electron chi connectivity index (χ2n) is 5.11. The van der Waals surface area contributed by atoms with Gasteiger partial charge in [0.15, 0.2) is 0 Å². The van der Waals surface area contributed by atoms with E-state index in [4.69, 9.17) is 5.11 Å². The third-order valence-corrected chi connectivity index (χ3v) is 3.53. The van der Waals surface area contributed by atoms with Crippen LogP contribution in [0.4, 0.5) is 4.39 Å². The summed E-state index contributed by atoms with van der Waals surface area (Å²) in [5.74, 6) is -1.59. The van der Waals surface area contributed by atoms with Gasteiger partial charge in [-0.1, -0.05) is 19.8 Å². The number of nitrogens with zero attached hydrogens (tertiary/aromatic N) is 1. The Morgan fingerprint density at radius 2 is 1.82 bits per heavy atom. The minimum Gasteiger partial charge on any atom is -0.477 e. The van der Waals surface area contributed by atoms with Crippen molar-refractivity contribution in [2.24, 2.45) is 0 Å². The third kappa shape index (κ3) is 3.42. The Kier molecular flexibility index (Phi) is 5.09. The fourth-order valence-corrected chi connectivity index (χ4v) is 2.36. The second kappa shape index (κ2) is 7.02.